The van der Waals surface area contributed by atoms with Crippen LogP contribution >= 0.6 is 7.82 Å². The van der Waals surface area contributed by atoms with E-state index in [0.717, 1.165) is 6.20 Å². The Morgan fingerprint density at radius 3 is 1.97 bits per heavy atom. The molecule has 24 heteroatoms. The second-order valence-electron chi connectivity index (χ2n) is 16.0. The lowest BCUT2D eigenvalue weighted by molar-refractivity contribution is -0.870. The van der Waals surface area contributed by atoms with E-state index in [2.05, 4.69) is 47.2 Å². The van der Waals surface area contributed by atoms with Crippen molar-refractivity contribution in [1.29, 1.82) is 0 Å². The van der Waals surface area contributed by atoms with E-state index in [1.165, 1.54) is 37.3 Å². The van der Waals surface area contributed by atoms with E-state index in [4.69, 9.17) is 9.05 Å². The number of carbonyl (C=O) groups is 6. The molecule has 0 saturated heterocycles. The highest BCUT2D eigenvalue weighted by Crippen LogP contribution is 2.43. The van der Waals surface area contributed by atoms with Gasteiger partial charge in [-0.15, -0.1) is 0 Å². The molecule has 5 aromatic rings. The monoisotopic (exact) mass is 968 g/mol. The molecule has 5 amide bonds. The van der Waals surface area contributed by atoms with Crippen LogP contribution in [-0.4, -0.2) is 120 Å². The fourth-order valence-corrected chi connectivity index (χ4v) is 6.65. The van der Waals surface area contributed by atoms with E-state index >= 15 is 0 Å². The maximum absolute atomic E-state index is 13.8. The minimum atomic E-state index is -4.22. The number of aromatic nitrogens is 2. The van der Waals surface area contributed by atoms with E-state index in [-0.39, 0.29) is 65.4 Å². The number of ketones is 1. The van der Waals surface area contributed by atoms with Crippen LogP contribution in [0.5, 0.6) is 0 Å². The number of rotatable bonds is 24. The molecule has 0 fully saturated rings. The highest BCUT2D eigenvalue weighted by atomic mass is 31.2. The van der Waals surface area contributed by atoms with Gasteiger partial charge < -0.3 is 46.6 Å². The van der Waals surface area contributed by atoms with E-state index < -0.39 is 67.5 Å². The SMILES string of the molecule is CC(=O)Nc1ccc(Nc2ncc([N+](=O)[O-])c(Nc3ccc(NC(=O)CNC(=O)CNC(=O)CNC(=O)c4ccc(CCOP(=O)(O)OCC[N+](C)(C)C)cc4)cc3C(=O)c3ccccc3)n2)cc1. The Kier molecular flexibility index (Phi) is 18.2. The van der Waals surface area contributed by atoms with Crippen LogP contribution in [0.2, 0.25) is 0 Å². The van der Waals surface area contributed by atoms with Crippen LogP contribution in [0.25, 0.3) is 0 Å². The van der Waals surface area contributed by atoms with Gasteiger partial charge in [-0.3, -0.25) is 47.9 Å². The number of nitrogens with zero attached hydrogens (tertiary/aromatic N) is 4. The van der Waals surface area contributed by atoms with Gasteiger partial charge in [0.05, 0.1) is 58.0 Å². The highest BCUT2D eigenvalue weighted by Gasteiger charge is 2.24. The molecule has 1 aromatic heterocycles. The molecule has 0 aliphatic rings. The third kappa shape index (κ3) is 17.3. The lowest BCUT2D eigenvalue weighted by Gasteiger charge is -2.24. The first-order valence-corrected chi connectivity index (χ1v) is 22.5. The Morgan fingerprint density at radius 2 is 1.33 bits per heavy atom. The molecule has 1 atom stereocenters. The van der Waals surface area contributed by atoms with Crippen LogP contribution < -0.4 is 37.2 Å². The standard InChI is InChI=1S/C45H50N11O12P/c1-29(57)50-33-14-16-34(17-15-33)52-45-49-25-38(55(63)64)43(54-45)53-37-19-18-35(24-36(37)42(61)31-8-6-5-7-9-31)51-41(60)28-47-39(58)26-46-40(59)27-48-44(62)32-12-10-30(11-13-32)20-22-67-69(65,66)68-23-21-56(2,3)4/h5-19,24-25H,20-23,26-28H2,1-4H3,(H7-,46,47,48,49,50,51,52,53,54,57,58,59,60,61,62,65,66)/p+1. The molecule has 23 nitrogen and oxygen atoms in total. The minimum absolute atomic E-state index is 0.00137. The Balaban J connectivity index is 1.12. The number of anilines is 6. The van der Waals surface area contributed by atoms with Gasteiger partial charge in [0.1, 0.15) is 19.3 Å². The van der Waals surface area contributed by atoms with Crippen molar-refractivity contribution in [2.75, 3.05) is 81.8 Å². The summed E-state index contributed by atoms with van der Waals surface area (Å²) in [4.78, 5) is 105. The summed E-state index contributed by atoms with van der Waals surface area (Å²) in [6.45, 7) is 0.317. The maximum atomic E-state index is 13.8. The first-order chi connectivity index (χ1) is 32.7. The van der Waals surface area contributed by atoms with E-state index in [0.29, 0.717) is 28.0 Å². The summed E-state index contributed by atoms with van der Waals surface area (Å²) in [6.07, 6.45) is 1.26. The molecule has 4 aromatic carbocycles. The number of nitro groups is 1. The lowest BCUT2D eigenvalue weighted by Crippen LogP contribution is -2.43. The zero-order valence-electron chi connectivity index (χ0n) is 37.9. The summed E-state index contributed by atoms with van der Waals surface area (Å²) >= 11 is 0. The van der Waals surface area contributed by atoms with Gasteiger partial charge in [0.25, 0.3) is 5.91 Å². The van der Waals surface area contributed by atoms with Gasteiger partial charge >= 0.3 is 13.5 Å². The van der Waals surface area contributed by atoms with Gasteiger partial charge in [-0.25, -0.2) is 9.55 Å². The van der Waals surface area contributed by atoms with Gasteiger partial charge in [0, 0.05) is 40.7 Å². The second kappa shape index (κ2) is 24.2. The molecule has 362 valence electrons. The normalized spacial score (nSPS) is 11.8. The van der Waals surface area contributed by atoms with Crippen molar-refractivity contribution in [3.05, 3.63) is 136 Å². The van der Waals surface area contributed by atoms with E-state index in [9.17, 15) is 48.3 Å². The molecule has 0 saturated carbocycles. The van der Waals surface area contributed by atoms with Gasteiger partial charge in [0.2, 0.25) is 35.4 Å². The van der Waals surface area contributed by atoms with Crippen LogP contribution in [0.1, 0.15) is 38.8 Å². The Labute approximate surface area is 395 Å². The summed E-state index contributed by atoms with van der Waals surface area (Å²) in [5.74, 6) is -3.72. The van der Waals surface area contributed by atoms with Crippen molar-refractivity contribution in [3.63, 3.8) is 0 Å². The van der Waals surface area contributed by atoms with Gasteiger partial charge in [-0.05, 0) is 66.6 Å². The third-order valence-electron chi connectivity index (χ3n) is 9.44. The van der Waals surface area contributed by atoms with E-state index in [1.54, 1.807) is 66.7 Å². The molecule has 1 unspecified atom stereocenters. The third-order valence-corrected chi connectivity index (χ3v) is 10.5. The van der Waals surface area contributed by atoms with Crippen molar-refractivity contribution in [3.8, 4) is 0 Å². The summed E-state index contributed by atoms with van der Waals surface area (Å²) in [5, 5.41) is 30.2. The lowest BCUT2D eigenvalue weighted by atomic mass is 10.0. The molecule has 0 spiro atoms. The van der Waals surface area contributed by atoms with Crippen LogP contribution in [0.15, 0.2) is 103 Å². The summed E-state index contributed by atoms with van der Waals surface area (Å²) in [7, 11) is 1.53. The number of phosphoric ester groups is 1. The number of quaternary nitrogens is 1. The molecule has 0 bridgehead atoms. The predicted octanol–water partition coefficient (Wildman–Crippen LogP) is 4.04. The second-order valence-corrected chi connectivity index (χ2v) is 17.5. The molecule has 0 radical (unpaired) electrons. The average molecular weight is 969 g/mol. The molecule has 0 aliphatic heterocycles. The van der Waals surface area contributed by atoms with Crippen molar-refractivity contribution >= 4 is 83.3 Å². The fraction of sp³-hybridized carbons (Fsp3) is 0.244. The smallest absolute Gasteiger partial charge is 0.346 e. The molecule has 0 aliphatic carbocycles. The fourth-order valence-electron chi connectivity index (χ4n) is 5.94. The van der Waals surface area contributed by atoms with Crippen molar-refractivity contribution in [1.82, 2.24) is 25.9 Å². The number of nitrogens with one attached hydrogen (secondary N) is 7. The van der Waals surface area contributed by atoms with Crippen LogP contribution in [0, 0.1) is 10.1 Å². The summed E-state index contributed by atoms with van der Waals surface area (Å²) < 4.78 is 22.7. The first-order valence-electron chi connectivity index (χ1n) is 21.0. The van der Waals surface area contributed by atoms with Crippen LogP contribution in [-0.2, 0) is 39.2 Å². The maximum Gasteiger partial charge on any atom is 0.472 e. The number of hydrogen-bond donors (Lipinski definition) is 8. The zero-order chi connectivity index (χ0) is 50.1. The number of likely N-dealkylation sites (N-methyl/N-ethyl adjacent to an activating group) is 1. The Morgan fingerprint density at radius 1 is 0.725 bits per heavy atom. The quantitative estimate of drug-likeness (QED) is 0.0142. The van der Waals surface area contributed by atoms with Crippen molar-refractivity contribution in [2.24, 2.45) is 0 Å². The summed E-state index contributed by atoms with van der Waals surface area (Å²) in [6, 6.07) is 25.1. The van der Waals surface area contributed by atoms with Crippen molar-refractivity contribution in [2.45, 2.75) is 13.3 Å². The molecule has 69 heavy (non-hydrogen) atoms. The largest absolute Gasteiger partial charge is 0.472 e. The topological polar surface area (TPSA) is 311 Å². The van der Waals surface area contributed by atoms with Gasteiger partial charge in [0.15, 0.2) is 5.78 Å². The number of amides is 5. The molecule has 8 N–H and O–H groups in total. The number of phosphoric acid groups is 1. The molecule has 5 rings (SSSR count). The van der Waals surface area contributed by atoms with Crippen LogP contribution in [0.3, 0.4) is 0 Å². The zero-order valence-corrected chi connectivity index (χ0v) is 38.8. The summed E-state index contributed by atoms with van der Waals surface area (Å²) in [5.41, 5.74) is 2.00. The molecule has 1 heterocycles. The average Bonchev–Trinajstić information content (AvgIpc) is 3.30. The molecular weight excluding hydrogens is 918 g/mol. The minimum Gasteiger partial charge on any atom is -0.346 e. The van der Waals surface area contributed by atoms with Gasteiger partial charge in [-0.2, -0.15) is 4.98 Å². The van der Waals surface area contributed by atoms with Crippen molar-refractivity contribution < 1.29 is 56.7 Å². The number of carbonyl (C=O) groups excluding carboxylic acids is 6. The van der Waals surface area contributed by atoms with E-state index in [1.807, 2.05) is 21.1 Å². The number of benzene rings is 4. The Hall–Kier alpha value is -7.95. The van der Waals surface area contributed by atoms with Gasteiger partial charge in [-0.1, -0.05) is 42.5 Å². The number of hydrogen-bond acceptors (Lipinski definition) is 15. The first kappa shape index (κ1) is 52.0. The Bertz CT molecular complexity index is 2720. The highest BCUT2D eigenvalue weighted by molar-refractivity contribution is 7.47. The molecular formula is C45H51N11O12P+. The predicted molar refractivity (Wildman–Crippen MR) is 254 cm³/mol. The van der Waals surface area contributed by atoms with Crippen LogP contribution in [0.4, 0.5) is 40.2 Å².